The van der Waals surface area contributed by atoms with E-state index in [4.69, 9.17) is 14.5 Å². The molecule has 0 aliphatic rings. The predicted octanol–water partition coefficient (Wildman–Crippen LogP) is 1.69. The Hall–Kier alpha value is -2.95. The second-order valence-corrected chi connectivity index (χ2v) is 4.68. The number of hydrogen-bond donors (Lipinski definition) is 0. The van der Waals surface area contributed by atoms with Crippen LogP contribution in [0.4, 0.5) is 0 Å². The molecule has 0 amide bonds. The molecule has 0 aliphatic carbocycles. The summed E-state index contributed by atoms with van der Waals surface area (Å²) in [6, 6.07) is 3.68. The van der Waals surface area contributed by atoms with Crippen LogP contribution in [0.25, 0.3) is 5.65 Å². The van der Waals surface area contributed by atoms with Gasteiger partial charge in [0.1, 0.15) is 11.6 Å². The lowest BCUT2D eigenvalue weighted by molar-refractivity contribution is 0.230. The van der Waals surface area contributed by atoms with Crippen molar-refractivity contribution in [2.24, 2.45) is 0 Å². The molecule has 106 valence electrons. The van der Waals surface area contributed by atoms with Gasteiger partial charge in [-0.15, -0.1) is 0 Å². The fourth-order valence-electron chi connectivity index (χ4n) is 1.75. The van der Waals surface area contributed by atoms with Gasteiger partial charge in [0.05, 0.1) is 6.20 Å². The summed E-state index contributed by atoms with van der Waals surface area (Å²) in [6.07, 6.45) is 3.00. The van der Waals surface area contributed by atoms with Crippen LogP contribution >= 0.6 is 0 Å². The van der Waals surface area contributed by atoms with Crippen molar-refractivity contribution in [3.8, 4) is 11.9 Å². The zero-order valence-corrected chi connectivity index (χ0v) is 11.5. The molecular weight excluding hydrogens is 272 g/mol. The van der Waals surface area contributed by atoms with Crippen molar-refractivity contribution in [2.45, 2.75) is 26.4 Å². The van der Waals surface area contributed by atoms with Crippen molar-refractivity contribution in [3.05, 3.63) is 35.7 Å². The lowest BCUT2D eigenvalue weighted by atomic mass is 10.2. The third-order valence-corrected chi connectivity index (χ3v) is 2.83. The highest BCUT2D eigenvalue weighted by Gasteiger charge is 2.12. The summed E-state index contributed by atoms with van der Waals surface area (Å²) < 4.78 is 12.2. The third kappa shape index (κ3) is 2.41. The van der Waals surface area contributed by atoms with E-state index in [1.54, 1.807) is 12.3 Å². The number of fused-ring (bicyclic) bond motifs is 1. The van der Waals surface area contributed by atoms with Crippen molar-refractivity contribution in [1.29, 1.82) is 5.26 Å². The van der Waals surface area contributed by atoms with Gasteiger partial charge in [-0.1, -0.05) is 19.0 Å². The Bertz CT molecular complexity index is 814. The van der Waals surface area contributed by atoms with Crippen LogP contribution < -0.4 is 4.74 Å². The van der Waals surface area contributed by atoms with Gasteiger partial charge in [-0.05, 0) is 0 Å². The first kappa shape index (κ1) is 13.1. The number of ether oxygens (including phenoxy) is 1. The fourth-order valence-corrected chi connectivity index (χ4v) is 1.75. The van der Waals surface area contributed by atoms with Gasteiger partial charge in [-0.25, -0.2) is 4.98 Å². The minimum Gasteiger partial charge on any atom is -0.467 e. The van der Waals surface area contributed by atoms with E-state index in [0.717, 1.165) is 0 Å². The van der Waals surface area contributed by atoms with Crippen molar-refractivity contribution < 1.29 is 9.26 Å². The maximum absolute atomic E-state index is 8.96. The van der Waals surface area contributed by atoms with Gasteiger partial charge in [0.25, 0.3) is 5.89 Å². The summed E-state index contributed by atoms with van der Waals surface area (Å²) in [4.78, 5) is 8.33. The summed E-state index contributed by atoms with van der Waals surface area (Å²) in [5.74, 6) is 1.67. The van der Waals surface area contributed by atoms with Gasteiger partial charge in [0.2, 0.25) is 5.88 Å². The second kappa shape index (κ2) is 5.20. The minimum atomic E-state index is 0.126. The Labute approximate surface area is 120 Å². The Morgan fingerprint density at radius 3 is 3.05 bits per heavy atom. The van der Waals surface area contributed by atoms with Crippen molar-refractivity contribution in [2.75, 3.05) is 0 Å². The quantitative estimate of drug-likeness (QED) is 0.718. The van der Waals surface area contributed by atoms with Crippen LogP contribution in [0.1, 0.15) is 37.0 Å². The Morgan fingerprint density at radius 2 is 2.33 bits per heavy atom. The van der Waals surface area contributed by atoms with Crippen LogP contribution in [-0.4, -0.2) is 24.7 Å². The summed E-state index contributed by atoms with van der Waals surface area (Å²) >= 11 is 0. The summed E-state index contributed by atoms with van der Waals surface area (Å²) in [7, 11) is 0. The molecule has 0 bridgehead atoms. The summed E-state index contributed by atoms with van der Waals surface area (Å²) in [5.41, 5.74) is 0.837. The molecule has 3 aromatic rings. The second-order valence-electron chi connectivity index (χ2n) is 4.68. The first-order chi connectivity index (χ1) is 10.2. The lowest BCUT2D eigenvalue weighted by Crippen LogP contribution is -2.02. The largest absolute Gasteiger partial charge is 0.467 e. The molecule has 3 aromatic heterocycles. The predicted molar refractivity (Wildman–Crippen MR) is 70.4 cm³/mol. The monoisotopic (exact) mass is 284 g/mol. The highest BCUT2D eigenvalue weighted by Crippen LogP contribution is 2.16. The van der Waals surface area contributed by atoms with Gasteiger partial charge in [0.15, 0.2) is 18.1 Å². The average molecular weight is 284 g/mol. The van der Waals surface area contributed by atoms with Crippen LogP contribution in [-0.2, 0) is 6.61 Å². The van der Waals surface area contributed by atoms with E-state index in [-0.39, 0.29) is 12.5 Å². The molecule has 0 unspecified atom stereocenters. The highest BCUT2D eigenvalue weighted by molar-refractivity contribution is 5.54. The molecule has 3 rings (SSSR count). The van der Waals surface area contributed by atoms with Crippen LogP contribution in [0.3, 0.4) is 0 Å². The van der Waals surface area contributed by atoms with Crippen molar-refractivity contribution >= 4 is 5.65 Å². The molecule has 0 aliphatic heterocycles. The van der Waals surface area contributed by atoms with E-state index in [1.165, 1.54) is 10.7 Å². The Balaban J connectivity index is 1.82. The third-order valence-electron chi connectivity index (χ3n) is 2.83. The van der Waals surface area contributed by atoms with Gasteiger partial charge < -0.3 is 9.26 Å². The Kier molecular flexibility index (Phi) is 3.23. The zero-order valence-electron chi connectivity index (χ0n) is 11.5. The molecule has 0 aromatic carbocycles. The lowest BCUT2D eigenvalue weighted by Gasteiger charge is -2.04. The van der Waals surface area contributed by atoms with Crippen LogP contribution in [0, 0.1) is 11.3 Å². The molecule has 0 fully saturated rings. The van der Waals surface area contributed by atoms with E-state index < -0.39 is 0 Å². The van der Waals surface area contributed by atoms with Crippen LogP contribution in [0.15, 0.2) is 23.0 Å². The number of nitrogens with zero attached hydrogens (tertiary/aromatic N) is 6. The topological polar surface area (TPSA) is 102 Å². The van der Waals surface area contributed by atoms with E-state index in [9.17, 15) is 0 Å². The zero-order chi connectivity index (χ0) is 14.8. The molecule has 0 radical (unpaired) electrons. The number of rotatable bonds is 4. The van der Waals surface area contributed by atoms with Crippen molar-refractivity contribution in [1.82, 2.24) is 24.7 Å². The fraction of sp³-hybridized carbons (Fsp3) is 0.308. The normalized spacial score (nSPS) is 11.0. The first-order valence-corrected chi connectivity index (χ1v) is 6.37. The van der Waals surface area contributed by atoms with Gasteiger partial charge in [-0.2, -0.15) is 19.9 Å². The maximum atomic E-state index is 8.96. The molecule has 0 saturated carbocycles. The minimum absolute atomic E-state index is 0.126. The summed E-state index contributed by atoms with van der Waals surface area (Å²) in [6.45, 7) is 4.09. The van der Waals surface area contributed by atoms with Crippen LogP contribution in [0.2, 0.25) is 0 Å². The van der Waals surface area contributed by atoms with Gasteiger partial charge >= 0.3 is 0 Å². The molecule has 0 spiro atoms. The van der Waals surface area contributed by atoms with E-state index in [2.05, 4.69) is 20.2 Å². The van der Waals surface area contributed by atoms with Gasteiger partial charge in [-0.3, -0.25) is 0 Å². The van der Waals surface area contributed by atoms with Gasteiger partial charge in [0, 0.05) is 18.2 Å². The van der Waals surface area contributed by atoms with Crippen LogP contribution in [0.5, 0.6) is 5.88 Å². The van der Waals surface area contributed by atoms with E-state index in [0.29, 0.717) is 28.8 Å². The first-order valence-electron chi connectivity index (χ1n) is 6.37. The molecular formula is C13H12N6O2. The molecule has 8 heteroatoms. The SMILES string of the molecule is CC(C)c1noc(COc2ccnc3c(C#N)cnn23)n1. The van der Waals surface area contributed by atoms with E-state index >= 15 is 0 Å². The van der Waals surface area contributed by atoms with E-state index in [1.807, 2.05) is 19.9 Å². The molecule has 21 heavy (non-hydrogen) atoms. The number of aromatic nitrogens is 5. The molecule has 0 N–H and O–H groups in total. The number of hydrogen-bond acceptors (Lipinski definition) is 7. The molecule has 0 saturated heterocycles. The number of nitriles is 1. The molecule has 3 heterocycles. The molecule has 0 atom stereocenters. The Morgan fingerprint density at radius 1 is 1.48 bits per heavy atom. The average Bonchev–Trinajstić information content (AvgIpc) is 3.11. The standard InChI is InChI=1S/C13H12N6O2/c1-8(2)12-17-10(21-18-12)7-20-11-3-4-15-13-9(5-14)6-16-19(11)13/h3-4,6,8H,7H2,1-2H3. The summed E-state index contributed by atoms with van der Waals surface area (Å²) in [5, 5.41) is 16.9. The highest BCUT2D eigenvalue weighted by atomic mass is 16.5. The maximum Gasteiger partial charge on any atom is 0.264 e. The molecule has 8 nitrogen and oxygen atoms in total. The van der Waals surface area contributed by atoms with Crippen molar-refractivity contribution in [3.63, 3.8) is 0 Å². The smallest absolute Gasteiger partial charge is 0.264 e.